The molecule has 0 saturated heterocycles. The molecule has 0 aromatic heterocycles. The number of rotatable bonds is 5. The molecule has 8 heteroatoms. The minimum absolute atomic E-state index is 0.0122. The third-order valence-electron chi connectivity index (χ3n) is 5.10. The Morgan fingerprint density at radius 3 is 1.71 bits per heavy atom. The molecule has 0 aliphatic carbocycles. The monoisotopic (exact) mass is 458 g/mol. The van der Waals surface area contributed by atoms with Gasteiger partial charge >= 0.3 is 0 Å². The third-order valence-corrected chi connectivity index (χ3v) is 5.10. The fraction of sp³-hybridized carbons (Fsp3) is 0.154. The molecule has 0 saturated carbocycles. The lowest BCUT2D eigenvalue weighted by Gasteiger charge is -2.19. The zero-order chi connectivity index (χ0) is 24.9. The lowest BCUT2D eigenvalue weighted by atomic mass is 9.87. The average Bonchev–Trinajstić information content (AvgIpc) is 2.82. The molecule has 0 aliphatic heterocycles. The molecular weight excluding hydrogens is 434 g/mol. The maximum absolute atomic E-state index is 12.5. The van der Waals surface area contributed by atoms with E-state index in [-0.39, 0.29) is 28.0 Å². The van der Waals surface area contributed by atoms with Gasteiger partial charge in [-0.1, -0.05) is 51.1 Å². The maximum atomic E-state index is 12.5. The number of carbonyl (C=O) groups is 4. The minimum atomic E-state index is -1.50. The van der Waals surface area contributed by atoms with Crippen molar-refractivity contribution in [3.8, 4) is 0 Å². The van der Waals surface area contributed by atoms with E-state index in [1.165, 1.54) is 36.4 Å². The van der Waals surface area contributed by atoms with E-state index in [1.54, 1.807) is 24.3 Å². The zero-order valence-corrected chi connectivity index (χ0v) is 19.0. The Bertz CT molecular complexity index is 1230. The summed E-state index contributed by atoms with van der Waals surface area (Å²) in [5.74, 6) is -3.19. The second-order valence-electron chi connectivity index (χ2n) is 8.60. The lowest BCUT2D eigenvalue weighted by molar-refractivity contribution is -0.255. The number of hydrazine groups is 1. The Morgan fingerprint density at radius 2 is 1.15 bits per heavy atom. The molecule has 0 heterocycles. The standard InChI is InChI=1S/C26H25N3O5/c1-26(2,3)18-12-8-16(9-13-18)22(30)27-19-14-10-17(11-15-19)23(31)28-29-24(32)20-6-4-5-7-21(20)25(33)34/h4-15H,1-3H3,(H,27,30)(H,28,31)(H,29,32)(H,33,34)/p-1. The number of nitrogens with one attached hydrogen (secondary N) is 3. The molecule has 0 fully saturated rings. The van der Waals surface area contributed by atoms with Crippen LogP contribution < -0.4 is 21.3 Å². The highest BCUT2D eigenvalue weighted by Gasteiger charge is 2.15. The highest BCUT2D eigenvalue weighted by Crippen LogP contribution is 2.22. The van der Waals surface area contributed by atoms with Crippen LogP contribution in [0.5, 0.6) is 0 Å². The van der Waals surface area contributed by atoms with Crippen LogP contribution in [0.2, 0.25) is 0 Å². The minimum Gasteiger partial charge on any atom is -0.545 e. The normalized spacial score (nSPS) is 10.8. The fourth-order valence-electron chi connectivity index (χ4n) is 3.14. The molecule has 34 heavy (non-hydrogen) atoms. The van der Waals surface area contributed by atoms with E-state index in [0.29, 0.717) is 11.3 Å². The average molecular weight is 458 g/mol. The van der Waals surface area contributed by atoms with Gasteiger partial charge in [0.2, 0.25) is 0 Å². The van der Waals surface area contributed by atoms with Crippen molar-refractivity contribution in [1.82, 2.24) is 10.9 Å². The summed E-state index contributed by atoms with van der Waals surface area (Å²) < 4.78 is 0. The first-order valence-electron chi connectivity index (χ1n) is 10.5. The number of hydrogen-bond acceptors (Lipinski definition) is 5. The van der Waals surface area contributed by atoms with E-state index in [0.717, 1.165) is 5.56 Å². The Labute approximate surface area is 197 Å². The highest BCUT2D eigenvalue weighted by atomic mass is 16.4. The number of hydrogen-bond donors (Lipinski definition) is 3. The summed E-state index contributed by atoms with van der Waals surface area (Å²) in [7, 11) is 0. The third kappa shape index (κ3) is 5.86. The molecule has 3 N–H and O–H groups in total. The predicted molar refractivity (Wildman–Crippen MR) is 125 cm³/mol. The van der Waals surface area contributed by atoms with Gasteiger partial charge in [0.1, 0.15) is 0 Å². The summed E-state index contributed by atoms with van der Waals surface area (Å²) in [6.07, 6.45) is 0. The summed E-state index contributed by atoms with van der Waals surface area (Å²) in [6.45, 7) is 6.28. The number of carbonyl (C=O) groups excluding carboxylic acids is 4. The van der Waals surface area contributed by atoms with E-state index in [2.05, 4.69) is 36.9 Å². The van der Waals surface area contributed by atoms with E-state index >= 15 is 0 Å². The molecule has 0 radical (unpaired) electrons. The molecular formula is C26H24N3O5-. The summed E-state index contributed by atoms with van der Waals surface area (Å²) in [5.41, 5.74) is 6.31. The van der Waals surface area contributed by atoms with Gasteiger partial charge in [0, 0.05) is 22.4 Å². The van der Waals surface area contributed by atoms with Crippen molar-refractivity contribution in [1.29, 1.82) is 0 Å². The zero-order valence-electron chi connectivity index (χ0n) is 19.0. The molecule has 3 rings (SSSR count). The van der Waals surface area contributed by atoms with Gasteiger partial charge in [0.15, 0.2) is 0 Å². The summed E-state index contributed by atoms with van der Waals surface area (Å²) in [4.78, 5) is 48.2. The number of aromatic carboxylic acids is 1. The van der Waals surface area contributed by atoms with Crippen LogP contribution in [-0.4, -0.2) is 23.7 Å². The Balaban J connectivity index is 1.59. The van der Waals surface area contributed by atoms with Crippen molar-refractivity contribution in [2.45, 2.75) is 26.2 Å². The first-order chi connectivity index (χ1) is 16.1. The molecule has 3 aromatic carbocycles. The van der Waals surface area contributed by atoms with Crippen LogP contribution >= 0.6 is 0 Å². The second kappa shape index (κ2) is 9.99. The molecule has 3 amide bonds. The number of benzene rings is 3. The second-order valence-corrected chi connectivity index (χ2v) is 8.60. The lowest BCUT2D eigenvalue weighted by Crippen LogP contribution is -2.42. The molecule has 0 bridgehead atoms. The number of carboxylic acids is 1. The van der Waals surface area contributed by atoms with Gasteiger partial charge in [0.05, 0.1) is 11.5 Å². The maximum Gasteiger partial charge on any atom is 0.270 e. The van der Waals surface area contributed by atoms with Crippen molar-refractivity contribution in [2.75, 3.05) is 5.32 Å². The fourth-order valence-corrected chi connectivity index (χ4v) is 3.14. The van der Waals surface area contributed by atoms with Gasteiger partial charge < -0.3 is 15.2 Å². The topological polar surface area (TPSA) is 127 Å². The van der Waals surface area contributed by atoms with Crippen molar-refractivity contribution < 1.29 is 24.3 Å². The van der Waals surface area contributed by atoms with Crippen molar-refractivity contribution >= 4 is 29.4 Å². The quantitative estimate of drug-likeness (QED) is 0.507. The van der Waals surface area contributed by atoms with Crippen molar-refractivity contribution in [2.24, 2.45) is 0 Å². The number of anilines is 1. The van der Waals surface area contributed by atoms with Crippen LogP contribution in [0.1, 0.15) is 67.8 Å². The molecule has 3 aromatic rings. The molecule has 0 spiro atoms. The summed E-state index contributed by atoms with van der Waals surface area (Å²) >= 11 is 0. The van der Waals surface area contributed by atoms with Gasteiger partial charge in [0.25, 0.3) is 17.7 Å². The van der Waals surface area contributed by atoms with Crippen molar-refractivity contribution in [3.63, 3.8) is 0 Å². The largest absolute Gasteiger partial charge is 0.545 e. The van der Waals surface area contributed by atoms with Crippen LogP contribution in [0.4, 0.5) is 5.69 Å². The van der Waals surface area contributed by atoms with Gasteiger partial charge in [-0.2, -0.15) is 0 Å². The smallest absolute Gasteiger partial charge is 0.270 e. The van der Waals surface area contributed by atoms with Crippen LogP contribution in [0, 0.1) is 0 Å². The van der Waals surface area contributed by atoms with E-state index < -0.39 is 17.8 Å². The first-order valence-corrected chi connectivity index (χ1v) is 10.5. The van der Waals surface area contributed by atoms with Gasteiger partial charge in [-0.05, 0) is 53.4 Å². The molecule has 8 nitrogen and oxygen atoms in total. The van der Waals surface area contributed by atoms with Gasteiger partial charge in [-0.25, -0.2) is 0 Å². The molecule has 0 unspecified atom stereocenters. The number of carboxylic acid groups (broad SMARTS) is 1. The Kier molecular flexibility index (Phi) is 7.11. The van der Waals surface area contributed by atoms with Crippen LogP contribution in [0.25, 0.3) is 0 Å². The molecule has 0 aliphatic rings. The molecule has 0 atom stereocenters. The Hall–Kier alpha value is -4.46. The van der Waals surface area contributed by atoms with Crippen LogP contribution in [0.15, 0.2) is 72.8 Å². The SMILES string of the molecule is CC(C)(C)c1ccc(C(=O)Nc2ccc(C(=O)NNC(=O)c3ccccc3C(=O)[O-])cc2)cc1. The highest BCUT2D eigenvalue weighted by molar-refractivity contribution is 6.06. The van der Waals surface area contributed by atoms with Gasteiger partial charge in [-0.15, -0.1) is 0 Å². The van der Waals surface area contributed by atoms with Crippen molar-refractivity contribution in [3.05, 3.63) is 101 Å². The van der Waals surface area contributed by atoms with E-state index in [1.807, 2.05) is 12.1 Å². The van der Waals surface area contributed by atoms with Gasteiger partial charge in [-0.3, -0.25) is 25.2 Å². The van der Waals surface area contributed by atoms with Crippen LogP contribution in [-0.2, 0) is 5.41 Å². The van der Waals surface area contributed by atoms with E-state index in [9.17, 15) is 24.3 Å². The predicted octanol–water partition coefficient (Wildman–Crippen LogP) is 2.67. The Morgan fingerprint density at radius 1 is 0.647 bits per heavy atom. The molecule has 174 valence electrons. The summed E-state index contributed by atoms with van der Waals surface area (Å²) in [5, 5.41) is 13.9. The van der Waals surface area contributed by atoms with Crippen LogP contribution in [0.3, 0.4) is 0 Å². The summed E-state index contributed by atoms with van der Waals surface area (Å²) in [6, 6.07) is 18.9. The van der Waals surface area contributed by atoms with E-state index in [4.69, 9.17) is 0 Å². The number of amides is 3. The first kappa shape index (κ1) is 24.2.